The predicted octanol–water partition coefficient (Wildman–Crippen LogP) is 1.59. The van der Waals surface area contributed by atoms with Gasteiger partial charge < -0.3 is 15.2 Å². The Morgan fingerprint density at radius 3 is 2.71 bits per heavy atom. The van der Waals surface area contributed by atoms with Crippen LogP contribution in [-0.2, 0) is 25.5 Å². The van der Waals surface area contributed by atoms with Crippen LogP contribution in [0.25, 0.3) is 0 Å². The normalized spacial score (nSPS) is 11.7. The van der Waals surface area contributed by atoms with Crippen molar-refractivity contribution in [2.45, 2.75) is 38.6 Å². The lowest BCUT2D eigenvalue weighted by molar-refractivity contribution is -0.145. The quantitative estimate of drug-likeness (QED) is 0.675. The van der Waals surface area contributed by atoms with E-state index in [0.717, 1.165) is 4.88 Å². The summed E-state index contributed by atoms with van der Waals surface area (Å²) in [6.07, 6.45) is 0.798. The van der Waals surface area contributed by atoms with Gasteiger partial charge >= 0.3 is 11.9 Å². The number of aliphatic carboxylic acids is 1. The third-order valence-electron chi connectivity index (χ3n) is 2.75. The van der Waals surface area contributed by atoms with Crippen LogP contribution in [0.1, 0.15) is 31.1 Å². The molecule has 1 aromatic rings. The van der Waals surface area contributed by atoms with Crippen LogP contribution in [0, 0.1) is 0 Å². The minimum atomic E-state index is -1.15. The number of hydrogen-bond donors (Lipinski definition) is 2. The highest BCUT2D eigenvalue weighted by Gasteiger charge is 2.21. The van der Waals surface area contributed by atoms with Gasteiger partial charge in [-0.3, -0.25) is 9.59 Å². The molecule has 7 heteroatoms. The summed E-state index contributed by atoms with van der Waals surface area (Å²) in [6, 6.07) is 2.76. The Bertz CT molecular complexity index is 472. The van der Waals surface area contributed by atoms with E-state index < -0.39 is 18.0 Å². The number of nitrogens with one attached hydrogen (secondary N) is 1. The molecule has 0 saturated carbocycles. The number of rotatable bonds is 9. The average molecular weight is 313 g/mol. The van der Waals surface area contributed by atoms with Gasteiger partial charge in [0.05, 0.1) is 6.61 Å². The summed E-state index contributed by atoms with van der Waals surface area (Å²) in [5, 5.41) is 13.4. The topological polar surface area (TPSA) is 92.7 Å². The number of carboxylic acids is 1. The zero-order valence-electron chi connectivity index (χ0n) is 11.8. The molecular weight excluding hydrogens is 294 g/mol. The molecule has 0 aliphatic rings. The minimum Gasteiger partial charge on any atom is -0.480 e. The van der Waals surface area contributed by atoms with E-state index in [1.54, 1.807) is 18.3 Å². The maximum absolute atomic E-state index is 11.7. The monoisotopic (exact) mass is 313 g/mol. The summed E-state index contributed by atoms with van der Waals surface area (Å²) in [7, 11) is 0. The number of esters is 1. The third kappa shape index (κ3) is 6.89. The lowest BCUT2D eigenvalue weighted by atomic mass is 10.1. The molecule has 2 N–H and O–H groups in total. The van der Waals surface area contributed by atoms with Crippen LogP contribution < -0.4 is 5.32 Å². The van der Waals surface area contributed by atoms with Gasteiger partial charge in [-0.15, -0.1) is 11.3 Å². The number of amides is 1. The molecule has 1 heterocycles. The highest BCUT2D eigenvalue weighted by atomic mass is 32.1. The van der Waals surface area contributed by atoms with E-state index in [-0.39, 0.29) is 31.8 Å². The standard InChI is InChI=1S/C14H19NO5S/c1-2-20-13(17)8-6-11(14(18)19)15-12(16)7-5-10-4-3-9-21-10/h3-4,9,11H,2,5-8H2,1H3,(H,15,16)(H,18,19)/t11-/m0/s1. The van der Waals surface area contributed by atoms with Crippen molar-refractivity contribution in [3.8, 4) is 0 Å². The second-order valence-corrected chi connectivity index (χ2v) is 5.41. The summed E-state index contributed by atoms with van der Waals surface area (Å²) in [4.78, 5) is 35.1. The summed E-state index contributed by atoms with van der Waals surface area (Å²) in [5.74, 6) is -1.94. The molecule has 0 unspecified atom stereocenters. The second kappa shape index (κ2) is 9.12. The Balaban J connectivity index is 2.37. The number of thiophene rings is 1. The maximum Gasteiger partial charge on any atom is 0.326 e. The number of carbonyl (C=O) groups excluding carboxylic acids is 2. The number of carbonyl (C=O) groups is 3. The Labute approximate surface area is 127 Å². The van der Waals surface area contributed by atoms with Gasteiger partial charge in [-0.2, -0.15) is 0 Å². The first-order valence-electron chi connectivity index (χ1n) is 6.73. The number of ether oxygens (including phenoxy) is 1. The highest BCUT2D eigenvalue weighted by molar-refractivity contribution is 7.09. The van der Waals surface area contributed by atoms with Gasteiger partial charge in [-0.05, 0) is 31.2 Å². The summed E-state index contributed by atoms with van der Waals surface area (Å²) in [6.45, 7) is 1.93. The molecule has 0 bridgehead atoms. The van der Waals surface area contributed by atoms with Crippen molar-refractivity contribution in [2.24, 2.45) is 0 Å². The van der Waals surface area contributed by atoms with Gasteiger partial charge in [0.2, 0.25) is 5.91 Å². The molecule has 1 atom stereocenters. The van der Waals surface area contributed by atoms with Crippen LogP contribution in [0.3, 0.4) is 0 Å². The average Bonchev–Trinajstić information content (AvgIpc) is 2.94. The fraction of sp³-hybridized carbons (Fsp3) is 0.500. The Morgan fingerprint density at radius 2 is 2.14 bits per heavy atom. The molecule has 0 radical (unpaired) electrons. The molecule has 1 amide bonds. The van der Waals surface area contributed by atoms with E-state index in [1.165, 1.54) is 0 Å². The van der Waals surface area contributed by atoms with E-state index in [4.69, 9.17) is 9.84 Å². The van der Waals surface area contributed by atoms with Crippen LogP contribution in [0.5, 0.6) is 0 Å². The molecule has 1 aromatic heterocycles. The summed E-state index contributed by atoms with van der Waals surface area (Å²) in [5.41, 5.74) is 0. The van der Waals surface area contributed by atoms with Crippen LogP contribution in [0.4, 0.5) is 0 Å². The largest absolute Gasteiger partial charge is 0.480 e. The number of carboxylic acid groups (broad SMARTS) is 1. The fourth-order valence-corrected chi connectivity index (χ4v) is 2.42. The van der Waals surface area contributed by atoms with E-state index >= 15 is 0 Å². The lowest BCUT2D eigenvalue weighted by Crippen LogP contribution is -2.41. The fourth-order valence-electron chi connectivity index (χ4n) is 1.71. The molecule has 0 aliphatic carbocycles. The van der Waals surface area contributed by atoms with E-state index in [2.05, 4.69) is 5.32 Å². The molecule has 116 valence electrons. The van der Waals surface area contributed by atoms with Crippen molar-refractivity contribution in [1.29, 1.82) is 0 Å². The lowest BCUT2D eigenvalue weighted by Gasteiger charge is -2.14. The summed E-state index contributed by atoms with van der Waals surface area (Å²) < 4.78 is 4.73. The SMILES string of the molecule is CCOC(=O)CC[C@H](NC(=O)CCc1cccs1)C(=O)O. The Morgan fingerprint density at radius 1 is 1.38 bits per heavy atom. The van der Waals surface area contributed by atoms with Crippen molar-refractivity contribution < 1.29 is 24.2 Å². The zero-order chi connectivity index (χ0) is 15.7. The van der Waals surface area contributed by atoms with Crippen LogP contribution >= 0.6 is 11.3 Å². The van der Waals surface area contributed by atoms with Gasteiger partial charge in [0.1, 0.15) is 6.04 Å². The molecular formula is C14H19NO5S. The van der Waals surface area contributed by atoms with Crippen molar-refractivity contribution >= 4 is 29.2 Å². The molecule has 6 nitrogen and oxygen atoms in total. The van der Waals surface area contributed by atoms with Gasteiger partial charge in [0, 0.05) is 17.7 Å². The maximum atomic E-state index is 11.7. The van der Waals surface area contributed by atoms with Crippen LogP contribution in [-0.4, -0.2) is 35.6 Å². The molecule has 0 fully saturated rings. The first kappa shape index (κ1) is 17.2. The molecule has 1 rings (SSSR count). The van der Waals surface area contributed by atoms with Crippen molar-refractivity contribution in [2.75, 3.05) is 6.61 Å². The zero-order valence-corrected chi connectivity index (χ0v) is 12.6. The van der Waals surface area contributed by atoms with Gasteiger partial charge in [-0.25, -0.2) is 4.79 Å². The Kier molecular flexibility index (Phi) is 7.45. The van der Waals surface area contributed by atoms with Gasteiger partial charge in [-0.1, -0.05) is 6.07 Å². The second-order valence-electron chi connectivity index (χ2n) is 4.38. The molecule has 0 saturated heterocycles. The number of aryl methyl sites for hydroxylation is 1. The summed E-state index contributed by atoms with van der Waals surface area (Å²) >= 11 is 1.55. The Hall–Kier alpha value is -1.89. The van der Waals surface area contributed by atoms with E-state index in [1.807, 2.05) is 17.5 Å². The smallest absolute Gasteiger partial charge is 0.326 e. The minimum absolute atomic E-state index is 0.0267. The molecule has 0 aliphatic heterocycles. The number of hydrogen-bond acceptors (Lipinski definition) is 5. The predicted molar refractivity (Wildman–Crippen MR) is 78.1 cm³/mol. The van der Waals surface area contributed by atoms with Crippen LogP contribution in [0.2, 0.25) is 0 Å². The van der Waals surface area contributed by atoms with Crippen molar-refractivity contribution in [1.82, 2.24) is 5.32 Å². The third-order valence-corrected chi connectivity index (χ3v) is 3.69. The van der Waals surface area contributed by atoms with Gasteiger partial charge in [0.15, 0.2) is 0 Å². The molecule has 0 spiro atoms. The van der Waals surface area contributed by atoms with E-state index in [0.29, 0.717) is 6.42 Å². The first-order chi connectivity index (χ1) is 10.0. The van der Waals surface area contributed by atoms with Crippen molar-refractivity contribution in [3.05, 3.63) is 22.4 Å². The molecule has 21 heavy (non-hydrogen) atoms. The van der Waals surface area contributed by atoms with Gasteiger partial charge in [0.25, 0.3) is 0 Å². The highest BCUT2D eigenvalue weighted by Crippen LogP contribution is 2.11. The van der Waals surface area contributed by atoms with Crippen LogP contribution in [0.15, 0.2) is 17.5 Å². The molecule has 0 aromatic carbocycles. The first-order valence-corrected chi connectivity index (χ1v) is 7.61. The van der Waals surface area contributed by atoms with Crippen molar-refractivity contribution in [3.63, 3.8) is 0 Å². The van der Waals surface area contributed by atoms with E-state index in [9.17, 15) is 14.4 Å².